The molecule has 1 heterocycles. The Balaban J connectivity index is 2.11. The van der Waals surface area contributed by atoms with E-state index in [0.717, 1.165) is 16.7 Å². The number of hydrogen-bond acceptors (Lipinski definition) is 3. The van der Waals surface area contributed by atoms with E-state index in [4.69, 9.17) is 5.73 Å². The summed E-state index contributed by atoms with van der Waals surface area (Å²) in [5.41, 5.74) is 10.0. The molecule has 0 atom stereocenters. The molecule has 1 aromatic carbocycles. The van der Waals surface area contributed by atoms with E-state index in [2.05, 4.69) is 16.9 Å². The molecule has 0 bridgehead atoms. The third-order valence-electron chi connectivity index (χ3n) is 4.05. The lowest BCUT2D eigenvalue weighted by molar-refractivity contribution is 0.0992. The molecule has 7 heteroatoms. The van der Waals surface area contributed by atoms with Crippen molar-refractivity contribution < 1.29 is 13.2 Å². The van der Waals surface area contributed by atoms with Gasteiger partial charge in [-0.05, 0) is 49.9 Å². The fourth-order valence-corrected chi connectivity index (χ4v) is 4.03. The number of carbonyl (C=O) groups is 1. The summed E-state index contributed by atoms with van der Waals surface area (Å²) >= 11 is 0. The highest BCUT2D eigenvalue weighted by Crippen LogP contribution is 2.17. The molecule has 1 aromatic heterocycles. The number of nitrogens with two attached hydrogens (primary N) is 1. The molecule has 6 nitrogen and oxygen atoms in total. The van der Waals surface area contributed by atoms with Gasteiger partial charge in [0.05, 0.1) is 0 Å². The van der Waals surface area contributed by atoms with Crippen LogP contribution in [-0.2, 0) is 23.5 Å². The summed E-state index contributed by atoms with van der Waals surface area (Å²) in [7, 11) is -2.10. The fourth-order valence-electron chi connectivity index (χ4n) is 2.92. The van der Waals surface area contributed by atoms with E-state index in [0.29, 0.717) is 6.42 Å². The predicted octanol–water partition coefficient (Wildman–Crippen LogP) is 1.57. The van der Waals surface area contributed by atoms with Crippen molar-refractivity contribution >= 4 is 15.9 Å². The molecular formula is C17H23N3O3S. The molecule has 0 radical (unpaired) electrons. The Morgan fingerprint density at radius 1 is 1.17 bits per heavy atom. The number of rotatable bonds is 6. The van der Waals surface area contributed by atoms with Crippen molar-refractivity contribution in [2.75, 3.05) is 6.54 Å². The monoisotopic (exact) mass is 349 g/mol. The number of benzene rings is 1. The van der Waals surface area contributed by atoms with Crippen LogP contribution >= 0.6 is 0 Å². The number of nitrogens with zero attached hydrogens (tertiary/aromatic N) is 1. The summed E-state index contributed by atoms with van der Waals surface area (Å²) in [5.74, 6) is -0.662. The van der Waals surface area contributed by atoms with Crippen LogP contribution in [0.25, 0.3) is 0 Å². The minimum Gasteiger partial charge on any atom is -0.364 e. The Labute approximate surface area is 142 Å². The standard InChI is InChI=1S/C17H23N3O3S/c1-11-7-12(2)15(13(3)8-11)5-6-19-24(22,23)14-9-16(17(18)21)20(4)10-14/h7-10,19H,5-6H2,1-4H3,(H2,18,21). The van der Waals surface area contributed by atoms with Gasteiger partial charge in [-0.2, -0.15) is 0 Å². The first-order valence-electron chi connectivity index (χ1n) is 7.64. The van der Waals surface area contributed by atoms with E-state index >= 15 is 0 Å². The van der Waals surface area contributed by atoms with Gasteiger partial charge in [-0.3, -0.25) is 4.79 Å². The average Bonchev–Trinajstić information content (AvgIpc) is 2.84. The lowest BCUT2D eigenvalue weighted by atomic mass is 9.97. The van der Waals surface area contributed by atoms with Gasteiger partial charge in [0.1, 0.15) is 10.6 Å². The SMILES string of the molecule is Cc1cc(C)c(CCNS(=O)(=O)c2cc(C(N)=O)n(C)c2)c(C)c1. The number of carbonyl (C=O) groups excluding carboxylic acids is 1. The molecule has 0 saturated carbocycles. The van der Waals surface area contributed by atoms with Gasteiger partial charge in [0.25, 0.3) is 5.91 Å². The molecule has 130 valence electrons. The largest absolute Gasteiger partial charge is 0.364 e. The third kappa shape index (κ3) is 3.85. The van der Waals surface area contributed by atoms with E-state index in [1.54, 1.807) is 7.05 Å². The van der Waals surface area contributed by atoms with Crippen molar-refractivity contribution in [1.29, 1.82) is 0 Å². The summed E-state index contributed by atoms with van der Waals surface area (Å²) < 4.78 is 28.7. The number of nitrogens with one attached hydrogen (secondary N) is 1. The summed E-state index contributed by atoms with van der Waals surface area (Å²) in [6.07, 6.45) is 1.98. The number of aryl methyl sites for hydroxylation is 4. The highest BCUT2D eigenvalue weighted by Gasteiger charge is 2.19. The first-order chi connectivity index (χ1) is 11.1. The zero-order valence-electron chi connectivity index (χ0n) is 14.4. The van der Waals surface area contributed by atoms with Crippen LogP contribution in [0.3, 0.4) is 0 Å². The van der Waals surface area contributed by atoms with Gasteiger partial charge in [0, 0.05) is 19.8 Å². The van der Waals surface area contributed by atoms with Crippen molar-refractivity contribution in [3.63, 3.8) is 0 Å². The average molecular weight is 349 g/mol. The quantitative estimate of drug-likeness (QED) is 0.829. The second-order valence-electron chi connectivity index (χ2n) is 6.06. The number of sulfonamides is 1. The highest BCUT2D eigenvalue weighted by atomic mass is 32.2. The van der Waals surface area contributed by atoms with E-state index in [9.17, 15) is 13.2 Å². The van der Waals surface area contributed by atoms with Crippen LogP contribution in [0.1, 0.15) is 32.7 Å². The van der Waals surface area contributed by atoms with Gasteiger partial charge in [-0.25, -0.2) is 13.1 Å². The van der Waals surface area contributed by atoms with Gasteiger partial charge in [-0.15, -0.1) is 0 Å². The van der Waals surface area contributed by atoms with Crippen molar-refractivity contribution in [3.05, 3.63) is 52.3 Å². The summed E-state index contributed by atoms with van der Waals surface area (Å²) in [5, 5.41) is 0. The molecule has 2 rings (SSSR count). The number of amides is 1. The summed E-state index contributed by atoms with van der Waals surface area (Å²) in [4.78, 5) is 11.3. The number of aromatic nitrogens is 1. The number of hydrogen-bond donors (Lipinski definition) is 2. The lowest BCUT2D eigenvalue weighted by Crippen LogP contribution is -2.26. The molecule has 0 fully saturated rings. The van der Waals surface area contributed by atoms with Crippen LogP contribution < -0.4 is 10.5 Å². The van der Waals surface area contributed by atoms with Crippen molar-refractivity contribution in [1.82, 2.24) is 9.29 Å². The van der Waals surface area contributed by atoms with Crippen LogP contribution in [0.15, 0.2) is 29.3 Å². The Hall–Kier alpha value is -2.12. The van der Waals surface area contributed by atoms with Crippen LogP contribution in [0.5, 0.6) is 0 Å². The Morgan fingerprint density at radius 2 is 1.75 bits per heavy atom. The Kier molecular flexibility index (Phi) is 5.15. The molecule has 0 aliphatic heterocycles. The van der Waals surface area contributed by atoms with Crippen LogP contribution in [0, 0.1) is 20.8 Å². The normalized spacial score (nSPS) is 11.7. The molecule has 0 aliphatic rings. The smallest absolute Gasteiger partial charge is 0.265 e. The van der Waals surface area contributed by atoms with Crippen LogP contribution in [-0.4, -0.2) is 25.4 Å². The predicted molar refractivity (Wildman–Crippen MR) is 93.5 cm³/mol. The first kappa shape index (κ1) is 18.2. The molecule has 1 amide bonds. The topological polar surface area (TPSA) is 94.2 Å². The first-order valence-corrected chi connectivity index (χ1v) is 9.12. The maximum absolute atomic E-state index is 12.4. The fraction of sp³-hybridized carbons (Fsp3) is 0.353. The lowest BCUT2D eigenvalue weighted by Gasteiger charge is -2.12. The molecule has 0 unspecified atom stereocenters. The van der Waals surface area contributed by atoms with Gasteiger partial charge >= 0.3 is 0 Å². The van der Waals surface area contributed by atoms with Crippen molar-refractivity contribution in [2.24, 2.45) is 12.8 Å². The van der Waals surface area contributed by atoms with E-state index in [1.807, 2.05) is 20.8 Å². The van der Waals surface area contributed by atoms with Crippen LogP contribution in [0.4, 0.5) is 0 Å². The maximum atomic E-state index is 12.4. The molecule has 0 aliphatic carbocycles. The van der Waals surface area contributed by atoms with Gasteiger partial charge < -0.3 is 10.3 Å². The van der Waals surface area contributed by atoms with E-state index < -0.39 is 15.9 Å². The molecule has 24 heavy (non-hydrogen) atoms. The second kappa shape index (κ2) is 6.78. The minimum absolute atomic E-state index is 0.0381. The van der Waals surface area contributed by atoms with Crippen molar-refractivity contribution in [2.45, 2.75) is 32.1 Å². The molecule has 0 saturated heterocycles. The third-order valence-corrected chi connectivity index (χ3v) is 5.48. The Morgan fingerprint density at radius 3 is 2.25 bits per heavy atom. The second-order valence-corrected chi connectivity index (χ2v) is 7.83. The van der Waals surface area contributed by atoms with E-state index in [-0.39, 0.29) is 17.1 Å². The highest BCUT2D eigenvalue weighted by molar-refractivity contribution is 7.89. The number of primary amides is 1. The summed E-state index contributed by atoms with van der Waals surface area (Å²) in [6.45, 7) is 6.38. The van der Waals surface area contributed by atoms with Gasteiger partial charge in [0.2, 0.25) is 10.0 Å². The Bertz CT molecular complexity index is 859. The maximum Gasteiger partial charge on any atom is 0.265 e. The zero-order chi connectivity index (χ0) is 18.1. The van der Waals surface area contributed by atoms with Crippen LogP contribution in [0.2, 0.25) is 0 Å². The van der Waals surface area contributed by atoms with Crippen molar-refractivity contribution in [3.8, 4) is 0 Å². The van der Waals surface area contributed by atoms with Gasteiger partial charge in [-0.1, -0.05) is 17.7 Å². The zero-order valence-corrected chi connectivity index (χ0v) is 15.2. The van der Waals surface area contributed by atoms with E-state index in [1.165, 1.54) is 22.4 Å². The summed E-state index contributed by atoms with van der Waals surface area (Å²) in [6, 6.07) is 5.47. The van der Waals surface area contributed by atoms with Gasteiger partial charge in [0.15, 0.2) is 0 Å². The molecule has 3 N–H and O–H groups in total. The minimum atomic E-state index is -3.68. The molecule has 0 spiro atoms. The molecular weight excluding hydrogens is 326 g/mol. The molecule has 2 aromatic rings.